The molecule has 4 aromatic carbocycles. The van der Waals surface area contributed by atoms with Crippen LogP contribution in [-0.2, 0) is 36.2 Å². The maximum absolute atomic E-state index is 14.0. The van der Waals surface area contributed by atoms with Gasteiger partial charge in [-0.2, -0.15) is 0 Å². The van der Waals surface area contributed by atoms with Gasteiger partial charge in [-0.25, -0.2) is 35.1 Å². The summed E-state index contributed by atoms with van der Waals surface area (Å²) in [5.74, 6) is -3.75. The maximum Gasteiger partial charge on any atom is 0.327 e. The van der Waals surface area contributed by atoms with Gasteiger partial charge in [0.15, 0.2) is 0 Å². The second-order valence-corrected chi connectivity index (χ2v) is 14.5. The van der Waals surface area contributed by atoms with E-state index in [9.17, 15) is 41.0 Å². The third-order valence-electron chi connectivity index (χ3n) is 7.32. The summed E-state index contributed by atoms with van der Waals surface area (Å²) in [5.41, 5.74) is 1.52. The van der Waals surface area contributed by atoms with Crippen LogP contribution in [0, 0.1) is 19.7 Å². The van der Waals surface area contributed by atoms with Crippen molar-refractivity contribution in [1.29, 1.82) is 0 Å². The first kappa shape index (κ1) is 34.9. The molecule has 0 radical (unpaired) electrons. The summed E-state index contributed by atoms with van der Waals surface area (Å²) in [7, 11) is -9.08. The van der Waals surface area contributed by atoms with Gasteiger partial charge in [-0.3, -0.25) is 4.31 Å². The van der Waals surface area contributed by atoms with Crippen LogP contribution in [0.5, 0.6) is 5.75 Å². The molecule has 0 bridgehead atoms. The Morgan fingerprint density at radius 2 is 1.15 bits per heavy atom. The molecule has 0 heterocycles. The Bertz CT molecular complexity index is 1980. The van der Waals surface area contributed by atoms with E-state index >= 15 is 0 Å². The number of hydrogen-bond acceptors (Lipinski definition) is 7. The molecule has 4 rings (SSSR count). The van der Waals surface area contributed by atoms with E-state index in [0.717, 1.165) is 30.2 Å². The smallest absolute Gasteiger partial charge is 0.327 e. The zero-order valence-corrected chi connectivity index (χ0v) is 27.5. The van der Waals surface area contributed by atoms with Crippen molar-refractivity contribution in [3.05, 3.63) is 114 Å². The molecule has 248 valence electrons. The van der Waals surface area contributed by atoms with Gasteiger partial charge in [0, 0.05) is 6.07 Å². The van der Waals surface area contributed by atoms with Gasteiger partial charge in [-0.15, -0.1) is 0 Å². The number of carbonyl (C=O) groups is 2. The largest absolute Gasteiger partial charge is 0.487 e. The topological polar surface area (TPSA) is 159 Å². The van der Waals surface area contributed by atoms with Gasteiger partial charge in [0.2, 0.25) is 0 Å². The average molecular weight is 685 g/mol. The first-order valence-corrected chi connectivity index (χ1v) is 17.1. The Hall–Kier alpha value is -4.95. The molecular weight excluding hydrogens is 652 g/mol. The summed E-state index contributed by atoms with van der Waals surface area (Å²) >= 11 is 0. The van der Waals surface area contributed by atoms with Gasteiger partial charge in [0.25, 0.3) is 20.0 Å². The van der Waals surface area contributed by atoms with Crippen LogP contribution in [0.25, 0.3) is 0 Å². The Kier molecular flexibility index (Phi) is 10.3. The number of carboxylic acids is 2. The predicted molar refractivity (Wildman–Crippen MR) is 173 cm³/mol. The van der Waals surface area contributed by atoms with Gasteiger partial charge in [-0.1, -0.05) is 47.5 Å². The number of aliphatic carboxylic acids is 2. The van der Waals surface area contributed by atoms with Crippen LogP contribution in [0.4, 0.5) is 15.8 Å². The zero-order valence-electron chi connectivity index (χ0n) is 25.9. The van der Waals surface area contributed by atoms with E-state index in [1.54, 1.807) is 38.1 Å². The summed E-state index contributed by atoms with van der Waals surface area (Å²) < 4.78 is 76.7. The highest BCUT2D eigenvalue weighted by Crippen LogP contribution is 2.40. The van der Waals surface area contributed by atoms with Crippen LogP contribution in [0.2, 0.25) is 0 Å². The molecule has 47 heavy (non-hydrogen) atoms. The molecule has 0 aliphatic heterocycles. The van der Waals surface area contributed by atoms with E-state index in [4.69, 9.17) is 4.74 Å². The number of sulfonamides is 2. The first-order chi connectivity index (χ1) is 22.0. The second-order valence-electron chi connectivity index (χ2n) is 10.8. The average Bonchev–Trinajstić information content (AvgIpc) is 3.01. The Labute approximate surface area is 272 Å². The van der Waals surface area contributed by atoms with Gasteiger partial charge in [-0.05, 0) is 81.8 Å². The Morgan fingerprint density at radius 3 is 1.62 bits per heavy atom. The number of halogens is 1. The summed E-state index contributed by atoms with van der Waals surface area (Å²) in [4.78, 5) is 24.1. The number of nitrogens with zero attached hydrogens (tertiary/aromatic N) is 2. The summed E-state index contributed by atoms with van der Waals surface area (Å²) in [6.45, 7) is 5.57. The van der Waals surface area contributed by atoms with Crippen molar-refractivity contribution in [2.45, 2.75) is 56.2 Å². The van der Waals surface area contributed by atoms with Gasteiger partial charge >= 0.3 is 11.9 Å². The van der Waals surface area contributed by atoms with Crippen LogP contribution in [0.1, 0.15) is 30.5 Å². The van der Waals surface area contributed by atoms with Crippen molar-refractivity contribution < 1.29 is 45.8 Å². The molecule has 2 N–H and O–H groups in total. The molecule has 0 unspecified atom stereocenters. The van der Waals surface area contributed by atoms with Crippen molar-refractivity contribution in [1.82, 2.24) is 0 Å². The Morgan fingerprint density at radius 1 is 0.702 bits per heavy atom. The molecular formula is C33H33FN2O9S2. The fourth-order valence-corrected chi connectivity index (χ4v) is 7.87. The molecule has 14 heteroatoms. The maximum atomic E-state index is 14.0. The van der Waals surface area contributed by atoms with E-state index in [1.807, 2.05) is 0 Å². The fraction of sp³-hybridized carbons (Fsp3) is 0.212. The van der Waals surface area contributed by atoms with Crippen molar-refractivity contribution >= 4 is 43.4 Å². The number of carboxylic acid groups (broad SMARTS) is 2. The predicted octanol–water partition coefficient (Wildman–Crippen LogP) is 5.36. The minimum atomic E-state index is -4.57. The summed E-state index contributed by atoms with van der Waals surface area (Å²) in [5, 5.41) is 19.9. The molecule has 0 saturated heterocycles. The van der Waals surface area contributed by atoms with Crippen LogP contribution in [0.3, 0.4) is 0 Å². The van der Waals surface area contributed by atoms with E-state index in [0.29, 0.717) is 14.2 Å². The van der Waals surface area contributed by atoms with Crippen LogP contribution < -0.4 is 13.3 Å². The fourth-order valence-electron chi connectivity index (χ4n) is 4.64. The molecule has 0 aromatic heterocycles. The number of benzene rings is 4. The first-order valence-electron chi connectivity index (χ1n) is 14.2. The van der Waals surface area contributed by atoms with Gasteiger partial charge in [0.1, 0.15) is 30.3 Å². The molecule has 0 aliphatic carbocycles. The lowest BCUT2D eigenvalue weighted by Gasteiger charge is -2.32. The number of aryl methyl sites for hydroxylation is 2. The van der Waals surface area contributed by atoms with Crippen molar-refractivity contribution in [2.75, 3.05) is 8.61 Å². The lowest BCUT2D eigenvalue weighted by Crippen LogP contribution is -2.44. The van der Waals surface area contributed by atoms with E-state index in [2.05, 4.69) is 0 Å². The lowest BCUT2D eigenvalue weighted by atomic mass is 10.2. The van der Waals surface area contributed by atoms with E-state index in [1.165, 1.54) is 61.5 Å². The van der Waals surface area contributed by atoms with Crippen LogP contribution in [-0.4, -0.2) is 51.1 Å². The van der Waals surface area contributed by atoms with Crippen molar-refractivity contribution in [2.24, 2.45) is 0 Å². The van der Waals surface area contributed by atoms with Crippen LogP contribution in [0.15, 0.2) is 101 Å². The molecule has 11 nitrogen and oxygen atoms in total. The molecule has 0 spiro atoms. The summed E-state index contributed by atoms with van der Waals surface area (Å²) in [6.07, 6.45) is 0. The highest BCUT2D eigenvalue weighted by Gasteiger charge is 2.38. The molecule has 0 amide bonds. The zero-order chi connectivity index (χ0) is 34.7. The number of rotatable bonds is 13. The molecule has 0 fully saturated rings. The molecule has 0 saturated carbocycles. The summed E-state index contributed by atoms with van der Waals surface area (Å²) in [6, 6.07) is 16.9. The second kappa shape index (κ2) is 13.8. The van der Waals surface area contributed by atoms with Crippen molar-refractivity contribution in [3.63, 3.8) is 0 Å². The monoisotopic (exact) mass is 684 g/mol. The van der Waals surface area contributed by atoms with E-state index in [-0.39, 0.29) is 33.5 Å². The minimum absolute atomic E-state index is 0.197. The van der Waals surface area contributed by atoms with Gasteiger partial charge in [0.05, 0.1) is 21.2 Å². The molecule has 0 aliphatic rings. The van der Waals surface area contributed by atoms with E-state index < -0.39 is 49.9 Å². The quantitative estimate of drug-likeness (QED) is 0.189. The number of hydrogen-bond donors (Lipinski definition) is 2. The third kappa shape index (κ3) is 7.55. The van der Waals surface area contributed by atoms with Gasteiger partial charge < -0.3 is 14.9 Å². The van der Waals surface area contributed by atoms with Crippen molar-refractivity contribution in [3.8, 4) is 5.75 Å². The van der Waals surface area contributed by atoms with Crippen LogP contribution >= 0.6 is 0 Å². The highest BCUT2D eigenvalue weighted by molar-refractivity contribution is 7.93. The lowest BCUT2D eigenvalue weighted by molar-refractivity contribution is -0.138. The highest BCUT2D eigenvalue weighted by atomic mass is 32.2. The SMILES string of the molecule is Cc1ccc(S(=O)(=O)N(c2ccc(N([C@@H](C)C(=O)O)S(=O)(=O)c3ccc(C)cc3)c(OCc3ccc(F)cc3)c2)[C@@H](C)C(=O)O)cc1. The minimum Gasteiger partial charge on any atom is -0.487 e. The third-order valence-corrected chi connectivity index (χ3v) is 11.1. The Balaban J connectivity index is 1.96. The molecule has 2 atom stereocenters. The number of ether oxygens (including phenoxy) is 1. The molecule has 4 aromatic rings. The standard InChI is InChI=1S/C33H33FN2O9S2/c1-21-5-14-28(15-6-21)46(41,42)35(23(3)32(37)38)27-13-18-30(31(19-27)45-20-25-9-11-26(34)12-10-25)36(24(4)33(39)40)47(43,44)29-16-7-22(2)8-17-29/h5-19,23-24H,20H2,1-4H3,(H,37,38)(H,39,40)/t23-,24-/m0/s1. The number of anilines is 2. The normalized spacial score (nSPS) is 13.0.